The fourth-order valence-corrected chi connectivity index (χ4v) is 1.91. The number of ketones is 1. The molecule has 2 aromatic rings. The van der Waals surface area contributed by atoms with Crippen molar-refractivity contribution in [2.45, 2.75) is 0 Å². The van der Waals surface area contributed by atoms with E-state index in [1.165, 1.54) is 24.3 Å². The molecule has 0 atom stereocenters. The summed E-state index contributed by atoms with van der Waals surface area (Å²) in [6.45, 7) is 0. The average Bonchev–Trinajstić information content (AvgIpc) is 2.46. The number of aromatic carboxylic acids is 2. The lowest BCUT2D eigenvalue weighted by Gasteiger charge is -2.08. The summed E-state index contributed by atoms with van der Waals surface area (Å²) in [5.74, 6) is -4.18. The highest BCUT2D eigenvalue weighted by molar-refractivity contribution is 6.17. The van der Waals surface area contributed by atoms with E-state index < -0.39 is 34.7 Å². The van der Waals surface area contributed by atoms with E-state index in [1.54, 1.807) is 0 Å². The van der Waals surface area contributed by atoms with Gasteiger partial charge in [-0.1, -0.05) is 12.1 Å². The van der Waals surface area contributed by atoms with Crippen LogP contribution in [0.1, 0.15) is 36.6 Å². The second-order valence-corrected chi connectivity index (χ2v) is 4.17. The van der Waals surface area contributed by atoms with Crippen molar-refractivity contribution in [2.75, 3.05) is 0 Å². The molecule has 2 rings (SSSR count). The van der Waals surface area contributed by atoms with Crippen LogP contribution in [0, 0.1) is 5.82 Å². The van der Waals surface area contributed by atoms with Crippen LogP contribution in [0.2, 0.25) is 0 Å². The van der Waals surface area contributed by atoms with E-state index in [-0.39, 0.29) is 11.1 Å². The van der Waals surface area contributed by atoms with E-state index in [0.717, 1.165) is 18.2 Å². The predicted octanol–water partition coefficient (Wildman–Crippen LogP) is 2.45. The summed E-state index contributed by atoms with van der Waals surface area (Å²) in [5.41, 5.74) is -1.25. The highest BCUT2D eigenvalue weighted by Crippen LogP contribution is 2.19. The minimum atomic E-state index is -1.52. The fourth-order valence-electron chi connectivity index (χ4n) is 1.91. The molecule has 0 aliphatic rings. The molecule has 5 nitrogen and oxygen atoms in total. The number of hydrogen-bond acceptors (Lipinski definition) is 3. The molecule has 0 heterocycles. The first-order valence-electron chi connectivity index (χ1n) is 5.81. The van der Waals surface area contributed by atoms with Crippen molar-refractivity contribution < 1.29 is 29.0 Å². The topological polar surface area (TPSA) is 91.7 Å². The normalized spacial score (nSPS) is 10.1. The Morgan fingerprint density at radius 2 is 1.38 bits per heavy atom. The maximum atomic E-state index is 12.8. The minimum Gasteiger partial charge on any atom is -0.478 e. The summed E-state index contributed by atoms with van der Waals surface area (Å²) in [6.07, 6.45) is 0. The number of benzene rings is 2. The van der Waals surface area contributed by atoms with Gasteiger partial charge in [-0.2, -0.15) is 0 Å². The van der Waals surface area contributed by atoms with Crippen molar-refractivity contribution in [3.63, 3.8) is 0 Å². The molecule has 0 unspecified atom stereocenters. The molecule has 0 saturated carbocycles. The second kappa shape index (κ2) is 5.54. The van der Waals surface area contributed by atoms with Crippen LogP contribution in [-0.2, 0) is 0 Å². The molecule has 0 aliphatic heterocycles. The van der Waals surface area contributed by atoms with Gasteiger partial charge in [0.1, 0.15) is 5.82 Å². The first-order chi connectivity index (χ1) is 9.91. The van der Waals surface area contributed by atoms with Gasteiger partial charge in [0.15, 0.2) is 5.78 Å². The minimum absolute atomic E-state index is 0.0708. The largest absolute Gasteiger partial charge is 0.478 e. The summed E-state index contributed by atoms with van der Waals surface area (Å²) >= 11 is 0. The molecule has 0 spiro atoms. The molecule has 0 aromatic heterocycles. The smallest absolute Gasteiger partial charge is 0.337 e. The van der Waals surface area contributed by atoms with Crippen molar-refractivity contribution in [3.8, 4) is 0 Å². The maximum absolute atomic E-state index is 12.8. The van der Waals surface area contributed by atoms with Crippen molar-refractivity contribution in [1.29, 1.82) is 0 Å². The van der Waals surface area contributed by atoms with Crippen molar-refractivity contribution in [3.05, 3.63) is 70.5 Å². The third-order valence-corrected chi connectivity index (χ3v) is 2.86. The SMILES string of the molecule is O=C(O)c1cccc(C(=O)c2ccc(F)cc2)c1C(=O)O. The van der Waals surface area contributed by atoms with Gasteiger partial charge in [-0.05, 0) is 30.3 Å². The summed E-state index contributed by atoms with van der Waals surface area (Å²) < 4.78 is 12.8. The summed E-state index contributed by atoms with van der Waals surface area (Å²) in [5, 5.41) is 18.2. The van der Waals surface area contributed by atoms with Gasteiger partial charge in [0.05, 0.1) is 11.1 Å². The van der Waals surface area contributed by atoms with Crippen LogP contribution in [0.25, 0.3) is 0 Å². The molecule has 0 fully saturated rings. The number of carboxylic acids is 2. The molecule has 2 aromatic carbocycles. The van der Waals surface area contributed by atoms with Crippen LogP contribution in [0.3, 0.4) is 0 Å². The van der Waals surface area contributed by atoms with Gasteiger partial charge in [0, 0.05) is 11.1 Å². The fraction of sp³-hybridized carbons (Fsp3) is 0. The Morgan fingerprint density at radius 3 is 1.90 bits per heavy atom. The number of carboxylic acid groups (broad SMARTS) is 2. The lowest BCUT2D eigenvalue weighted by atomic mass is 9.94. The van der Waals surface area contributed by atoms with E-state index in [4.69, 9.17) is 10.2 Å². The van der Waals surface area contributed by atoms with Crippen LogP contribution in [0.4, 0.5) is 4.39 Å². The van der Waals surface area contributed by atoms with Gasteiger partial charge < -0.3 is 10.2 Å². The maximum Gasteiger partial charge on any atom is 0.337 e. The predicted molar refractivity (Wildman–Crippen MR) is 70.2 cm³/mol. The number of rotatable bonds is 4. The summed E-state index contributed by atoms with van der Waals surface area (Å²) in [4.78, 5) is 34.6. The van der Waals surface area contributed by atoms with Crippen molar-refractivity contribution >= 4 is 17.7 Å². The van der Waals surface area contributed by atoms with Crippen LogP contribution in [-0.4, -0.2) is 27.9 Å². The van der Waals surface area contributed by atoms with Crippen LogP contribution in [0.15, 0.2) is 42.5 Å². The number of carbonyl (C=O) groups is 3. The Morgan fingerprint density at radius 1 is 0.810 bits per heavy atom. The van der Waals surface area contributed by atoms with Crippen molar-refractivity contribution in [1.82, 2.24) is 0 Å². The molecule has 0 radical (unpaired) electrons. The van der Waals surface area contributed by atoms with Gasteiger partial charge in [-0.3, -0.25) is 4.79 Å². The van der Waals surface area contributed by atoms with Crippen LogP contribution in [0.5, 0.6) is 0 Å². The van der Waals surface area contributed by atoms with Gasteiger partial charge in [-0.15, -0.1) is 0 Å². The second-order valence-electron chi connectivity index (χ2n) is 4.17. The van der Waals surface area contributed by atoms with E-state index in [1.807, 2.05) is 0 Å². The summed E-state index contributed by atoms with van der Waals surface area (Å²) in [7, 11) is 0. The Hall–Kier alpha value is -3.02. The molecular formula is C15H9FO5. The Kier molecular flexibility index (Phi) is 3.80. The standard InChI is InChI=1S/C15H9FO5/c16-9-6-4-8(5-7-9)13(17)10-2-1-3-11(14(18)19)12(10)15(20)21/h1-7H,(H,18,19)(H,20,21). The Labute approximate surface area is 118 Å². The first-order valence-corrected chi connectivity index (χ1v) is 5.81. The monoisotopic (exact) mass is 288 g/mol. The molecule has 6 heteroatoms. The van der Waals surface area contributed by atoms with E-state index in [0.29, 0.717) is 0 Å². The number of hydrogen-bond donors (Lipinski definition) is 2. The molecule has 2 N–H and O–H groups in total. The Balaban J connectivity index is 2.60. The highest BCUT2D eigenvalue weighted by atomic mass is 19.1. The Bertz CT molecular complexity index is 734. The molecule has 0 saturated heterocycles. The van der Waals surface area contributed by atoms with Gasteiger partial charge in [-0.25, -0.2) is 14.0 Å². The quantitative estimate of drug-likeness (QED) is 0.843. The molecular weight excluding hydrogens is 279 g/mol. The van der Waals surface area contributed by atoms with Gasteiger partial charge in [0.2, 0.25) is 0 Å². The lowest BCUT2D eigenvalue weighted by molar-refractivity contribution is 0.0649. The van der Waals surface area contributed by atoms with E-state index >= 15 is 0 Å². The molecule has 0 aliphatic carbocycles. The summed E-state index contributed by atoms with van der Waals surface area (Å²) in [6, 6.07) is 8.15. The van der Waals surface area contributed by atoms with Crippen LogP contribution < -0.4 is 0 Å². The third kappa shape index (κ3) is 2.79. The van der Waals surface area contributed by atoms with Crippen LogP contribution >= 0.6 is 0 Å². The zero-order valence-electron chi connectivity index (χ0n) is 10.5. The lowest BCUT2D eigenvalue weighted by Crippen LogP contribution is -2.15. The zero-order valence-corrected chi connectivity index (χ0v) is 10.5. The molecule has 0 bridgehead atoms. The highest BCUT2D eigenvalue weighted by Gasteiger charge is 2.24. The van der Waals surface area contributed by atoms with Gasteiger partial charge >= 0.3 is 11.9 Å². The molecule has 106 valence electrons. The van der Waals surface area contributed by atoms with E-state index in [2.05, 4.69) is 0 Å². The van der Waals surface area contributed by atoms with Gasteiger partial charge in [0.25, 0.3) is 0 Å². The zero-order chi connectivity index (χ0) is 15.6. The third-order valence-electron chi connectivity index (χ3n) is 2.86. The molecule has 0 amide bonds. The number of halogens is 1. The molecule has 21 heavy (non-hydrogen) atoms. The average molecular weight is 288 g/mol. The number of carbonyl (C=O) groups excluding carboxylic acids is 1. The first kappa shape index (κ1) is 14.4. The van der Waals surface area contributed by atoms with Crippen molar-refractivity contribution in [2.24, 2.45) is 0 Å². The van der Waals surface area contributed by atoms with E-state index in [9.17, 15) is 18.8 Å².